The molecule has 1 saturated carbocycles. The third kappa shape index (κ3) is 7.85. The van der Waals surface area contributed by atoms with E-state index in [0.29, 0.717) is 12.6 Å². The Balaban J connectivity index is 0.00000341. The zero-order valence-electron chi connectivity index (χ0n) is 18.9. The standard InChI is InChI=1S/C22H34N6OS.HI/c1-5-30-20-11-8-18(14-20)25-22(24-15-21-27-26-16(2)28(21)3)23-13-12-17-6-9-19(29-4)10-7-17;/h6-7,9-10,18,20H,5,8,11-15H2,1-4H3,(H2,23,24,25);1H. The molecule has 1 heterocycles. The minimum Gasteiger partial charge on any atom is -0.497 e. The molecule has 1 aliphatic rings. The highest BCUT2D eigenvalue weighted by molar-refractivity contribution is 14.0. The van der Waals surface area contributed by atoms with E-state index in [2.05, 4.69) is 51.6 Å². The van der Waals surface area contributed by atoms with Crippen molar-refractivity contribution < 1.29 is 4.74 Å². The molecule has 3 rings (SSSR count). The summed E-state index contributed by atoms with van der Waals surface area (Å²) in [6.07, 6.45) is 4.59. The normalized spacial score (nSPS) is 18.5. The quantitative estimate of drug-likeness (QED) is 0.278. The van der Waals surface area contributed by atoms with E-state index in [1.807, 2.05) is 30.7 Å². The maximum atomic E-state index is 5.24. The number of benzene rings is 1. The Morgan fingerprint density at radius 3 is 2.68 bits per heavy atom. The van der Waals surface area contributed by atoms with Crippen molar-refractivity contribution in [2.45, 2.75) is 57.4 Å². The number of nitrogens with one attached hydrogen (secondary N) is 2. The molecule has 0 radical (unpaired) electrons. The number of aliphatic imine (C=N–C) groups is 1. The van der Waals surface area contributed by atoms with Crippen molar-refractivity contribution in [1.29, 1.82) is 0 Å². The van der Waals surface area contributed by atoms with E-state index in [1.165, 1.54) is 30.6 Å². The molecule has 0 spiro atoms. The first-order valence-electron chi connectivity index (χ1n) is 10.7. The van der Waals surface area contributed by atoms with Crippen LogP contribution < -0.4 is 15.4 Å². The van der Waals surface area contributed by atoms with Gasteiger partial charge in [0.05, 0.1) is 7.11 Å². The third-order valence-electron chi connectivity index (χ3n) is 5.55. The molecule has 2 unspecified atom stereocenters. The average Bonchev–Trinajstić information content (AvgIpc) is 3.33. The van der Waals surface area contributed by atoms with Crippen molar-refractivity contribution in [3.05, 3.63) is 41.5 Å². The second kappa shape index (κ2) is 13.1. The first-order valence-corrected chi connectivity index (χ1v) is 11.8. The van der Waals surface area contributed by atoms with Gasteiger partial charge in [-0.05, 0) is 56.1 Å². The van der Waals surface area contributed by atoms with Gasteiger partial charge >= 0.3 is 0 Å². The zero-order valence-corrected chi connectivity index (χ0v) is 22.1. The van der Waals surface area contributed by atoms with Crippen LogP contribution in [0.3, 0.4) is 0 Å². The second-order valence-corrected chi connectivity index (χ2v) is 9.22. The molecule has 9 heteroatoms. The van der Waals surface area contributed by atoms with E-state index in [-0.39, 0.29) is 24.0 Å². The number of aryl methyl sites for hydroxylation is 1. The summed E-state index contributed by atoms with van der Waals surface area (Å²) < 4.78 is 7.23. The largest absolute Gasteiger partial charge is 0.497 e. The van der Waals surface area contributed by atoms with Gasteiger partial charge in [-0.25, -0.2) is 4.99 Å². The number of hydrogen-bond donors (Lipinski definition) is 2. The van der Waals surface area contributed by atoms with Crippen LogP contribution in [0.1, 0.15) is 43.4 Å². The zero-order chi connectivity index (χ0) is 21.3. The number of aromatic nitrogens is 3. The van der Waals surface area contributed by atoms with Gasteiger partial charge < -0.3 is 19.9 Å². The van der Waals surface area contributed by atoms with Gasteiger partial charge in [-0.3, -0.25) is 0 Å². The van der Waals surface area contributed by atoms with Gasteiger partial charge in [-0.1, -0.05) is 19.1 Å². The molecule has 1 fully saturated rings. The lowest BCUT2D eigenvalue weighted by atomic mass is 10.1. The number of hydrogen-bond acceptors (Lipinski definition) is 5. The topological polar surface area (TPSA) is 76.4 Å². The molecule has 0 saturated heterocycles. The summed E-state index contributed by atoms with van der Waals surface area (Å²) in [7, 11) is 3.67. The smallest absolute Gasteiger partial charge is 0.191 e. The predicted octanol–water partition coefficient (Wildman–Crippen LogP) is 3.70. The van der Waals surface area contributed by atoms with E-state index in [4.69, 9.17) is 9.73 Å². The summed E-state index contributed by atoms with van der Waals surface area (Å²) in [5.41, 5.74) is 1.27. The SMILES string of the molecule is CCSC1CCC(NC(=NCc2nnc(C)n2C)NCCc2ccc(OC)cc2)C1.I. The summed E-state index contributed by atoms with van der Waals surface area (Å²) in [6.45, 7) is 5.52. The molecule has 0 amide bonds. The predicted molar refractivity (Wildman–Crippen MR) is 140 cm³/mol. The Morgan fingerprint density at radius 2 is 2.03 bits per heavy atom. The van der Waals surface area contributed by atoms with E-state index in [1.54, 1.807) is 7.11 Å². The van der Waals surface area contributed by atoms with Crippen LogP contribution in [0, 0.1) is 6.92 Å². The Morgan fingerprint density at radius 1 is 1.26 bits per heavy atom. The second-order valence-electron chi connectivity index (χ2n) is 7.64. The first kappa shape index (κ1) is 25.8. The van der Waals surface area contributed by atoms with Gasteiger partial charge in [0.2, 0.25) is 0 Å². The average molecular weight is 559 g/mol. The maximum Gasteiger partial charge on any atom is 0.191 e. The van der Waals surface area contributed by atoms with Gasteiger partial charge in [0.25, 0.3) is 0 Å². The molecule has 7 nitrogen and oxygen atoms in total. The van der Waals surface area contributed by atoms with Gasteiger partial charge in [0.15, 0.2) is 11.8 Å². The third-order valence-corrected chi connectivity index (χ3v) is 6.79. The fourth-order valence-electron chi connectivity index (χ4n) is 3.66. The number of ether oxygens (including phenoxy) is 1. The molecular formula is C22H35IN6OS. The van der Waals surface area contributed by atoms with Crippen LogP contribution in [0.15, 0.2) is 29.3 Å². The number of thioether (sulfide) groups is 1. The van der Waals surface area contributed by atoms with Crippen molar-refractivity contribution in [2.24, 2.45) is 12.0 Å². The van der Waals surface area contributed by atoms with E-state index < -0.39 is 0 Å². The van der Waals surface area contributed by atoms with Crippen LogP contribution in [0.25, 0.3) is 0 Å². The Labute approximate surface area is 207 Å². The van der Waals surface area contributed by atoms with Crippen molar-refractivity contribution in [1.82, 2.24) is 25.4 Å². The molecule has 0 bridgehead atoms. The lowest BCUT2D eigenvalue weighted by Crippen LogP contribution is -2.43. The molecule has 1 aromatic carbocycles. The molecule has 0 aliphatic heterocycles. The lowest BCUT2D eigenvalue weighted by Gasteiger charge is -2.18. The minimum absolute atomic E-state index is 0. The van der Waals surface area contributed by atoms with Gasteiger partial charge in [-0.15, -0.1) is 34.2 Å². The summed E-state index contributed by atoms with van der Waals surface area (Å²) in [4.78, 5) is 4.81. The summed E-state index contributed by atoms with van der Waals surface area (Å²) in [5, 5.41) is 16.3. The van der Waals surface area contributed by atoms with Crippen LogP contribution in [0.5, 0.6) is 5.75 Å². The van der Waals surface area contributed by atoms with E-state index in [9.17, 15) is 0 Å². The van der Waals surface area contributed by atoms with Gasteiger partial charge in [0.1, 0.15) is 18.1 Å². The summed E-state index contributed by atoms with van der Waals surface area (Å²) >= 11 is 2.07. The van der Waals surface area contributed by atoms with Gasteiger partial charge in [-0.2, -0.15) is 11.8 Å². The number of nitrogens with zero attached hydrogens (tertiary/aromatic N) is 4. The highest BCUT2D eigenvalue weighted by atomic mass is 127. The monoisotopic (exact) mass is 558 g/mol. The van der Waals surface area contributed by atoms with Crippen molar-refractivity contribution in [3.63, 3.8) is 0 Å². The Bertz CT molecular complexity index is 826. The fraction of sp³-hybridized carbons (Fsp3) is 0.591. The fourth-order valence-corrected chi connectivity index (χ4v) is 4.80. The Hall–Kier alpha value is -1.49. The van der Waals surface area contributed by atoms with Crippen LogP contribution >= 0.6 is 35.7 Å². The molecule has 2 atom stereocenters. The maximum absolute atomic E-state index is 5.24. The van der Waals surface area contributed by atoms with Crippen molar-refractivity contribution in [3.8, 4) is 5.75 Å². The minimum atomic E-state index is 0. The number of methoxy groups -OCH3 is 1. The molecule has 1 aromatic heterocycles. The van der Waals surface area contributed by atoms with Crippen LogP contribution in [0.4, 0.5) is 0 Å². The molecule has 1 aliphatic carbocycles. The number of guanidine groups is 1. The summed E-state index contributed by atoms with van der Waals surface area (Å²) in [6, 6.07) is 8.70. The number of rotatable bonds is 9. The van der Waals surface area contributed by atoms with E-state index >= 15 is 0 Å². The van der Waals surface area contributed by atoms with Crippen LogP contribution in [-0.2, 0) is 20.0 Å². The number of halogens is 1. The summed E-state index contributed by atoms with van der Waals surface area (Å²) in [5.74, 6) is 4.70. The van der Waals surface area contributed by atoms with Crippen LogP contribution in [-0.4, -0.2) is 51.4 Å². The molecule has 31 heavy (non-hydrogen) atoms. The molecule has 2 N–H and O–H groups in total. The van der Waals surface area contributed by atoms with Gasteiger partial charge in [0, 0.05) is 24.9 Å². The van der Waals surface area contributed by atoms with Crippen molar-refractivity contribution in [2.75, 3.05) is 19.4 Å². The first-order chi connectivity index (χ1) is 14.6. The van der Waals surface area contributed by atoms with Crippen molar-refractivity contribution >= 4 is 41.7 Å². The highest BCUT2D eigenvalue weighted by Crippen LogP contribution is 2.29. The molecular weight excluding hydrogens is 523 g/mol. The lowest BCUT2D eigenvalue weighted by molar-refractivity contribution is 0.414. The Kier molecular flexibility index (Phi) is 10.9. The molecule has 172 valence electrons. The molecule has 2 aromatic rings. The van der Waals surface area contributed by atoms with Crippen LogP contribution in [0.2, 0.25) is 0 Å². The van der Waals surface area contributed by atoms with E-state index in [0.717, 1.165) is 41.6 Å². The highest BCUT2D eigenvalue weighted by Gasteiger charge is 2.25.